The van der Waals surface area contributed by atoms with Crippen molar-refractivity contribution in [3.05, 3.63) is 69.7 Å². The summed E-state index contributed by atoms with van der Waals surface area (Å²) >= 11 is 12.7. The molecule has 1 heterocycles. The van der Waals surface area contributed by atoms with Crippen LogP contribution in [0.2, 0.25) is 10.0 Å². The lowest BCUT2D eigenvalue weighted by Gasteiger charge is -2.27. The van der Waals surface area contributed by atoms with Crippen LogP contribution >= 0.6 is 23.2 Å². The van der Waals surface area contributed by atoms with Crippen molar-refractivity contribution in [3.8, 4) is 0 Å². The highest BCUT2D eigenvalue weighted by Crippen LogP contribution is 2.27. The van der Waals surface area contributed by atoms with Crippen LogP contribution in [-0.4, -0.2) is 35.8 Å². The maximum absolute atomic E-state index is 11.5. The first kappa shape index (κ1) is 20.0. The van der Waals surface area contributed by atoms with Crippen molar-refractivity contribution in [1.29, 1.82) is 0 Å². The Morgan fingerprint density at radius 1 is 0.750 bits per heavy atom. The van der Waals surface area contributed by atoms with Crippen molar-refractivity contribution in [3.63, 3.8) is 0 Å². The zero-order chi connectivity index (χ0) is 20.3. The molecule has 8 heteroatoms. The standard InChI is InChI=1S/C20H16Cl2N2O4/c1-11(25)27-19-20(28-12(2)26)24-18(14-8-4-6-10-16(14)22)17(23-19)13-7-3-5-9-15(13)21/h3-10,19-20H,1-2H3/t19-,20-/m0/s1. The third-order valence-electron chi connectivity index (χ3n) is 3.81. The number of hydrogen-bond acceptors (Lipinski definition) is 6. The van der Waals surface area contributed by atoms with E-state index in [1.165, 1.54) is 13.8 Å². The number of carbonyl (C=O) groups excluding carboxylic acids is 2. The van der Waals surface area contributed by atoms with Crippen molar-refractivity contribution in [2.75, 3.05) is 0 Å². The third kappa shape index (κ3) is 4.40. The van der Waals surface area contributed by atoms with Crippen molar-refractivity contribution in [2.45, 2.75) is 26.3 Å². The lowest BCUT2D eigenvalue weighted by molar-refractivity contribution is -0.164. The molecule has 0 saturated heterocycles. The van der Waals surface area contributed by atoms with E-state index in [-0.39, 0.29) is 0 Å². The Hall–Kier alpha value is -2.70. The molecule has 1 aliphatic rings. The van der Waals surface area contributed by atoms with Crippen LogP contribution in [0.15, 0.2) is 58.5 Å². The number of esters is 2. The molecule has 1 aliphatic heterocycles. The highest BCUT2D eigenvalue weighted by molar-refractivity contribution is 6.57. The van der Waals surface area contributed by atoms with Gasteiger partial charge in [-0.05, 0) is 12.1 Å². The monoisotopic (exact) mass is 418 g/mol. The third-order valence-corrected chi connectivity index (χ3v) is 4.47. The Labute approximate surface area is 171 Å². The van der Waals surface area contributed by atoms with Gasteiger partial charge in [-0.3, -0.25) is 9.59 Å². The van der Waals surface area contributed by atoms with Gasteiger partial charge in [0.25, 0.3) is 12.5 Å². The molecule has 0 aromatic heterocycles. The van der Waals surface area contributed by atoms with Crippen molar-refractivity contribution >= 4 is 46.6 Å². The van der Waals surface area contributed by atoms with E-state index in [9.17, 15) is 9.59 Å². The molecule has 0 N–H and O–H groups in total. The van der Waals surface area contributed by atoms with Gasteiger partial charge in [0, 0.05) is 25.0 Å². The zero-order valence-corrected chi connectivity index (χ0v) is 16.6. The first-order valence-electron chi connectivity index (χ1n) is 8.37. The molecular weight excluding hydrogens is 403 g/mol. The topological polar surface area (TPSA) is 77.3 Å². The quantitative estimate of drug-likeness (QED) is 0.701. The van der Waals surface area contributed by atoms with Crippen LogP contribution < -0.4 is 0 Å². The summed E-state index contributed by atoms with van der Waals surface area (Å²) in [4.78, 5) is 32.1. The van der Waals surface area contributed by atoms with E-state index in [4.69, 9.17) is 32.7 Å². The zero-order valence-electron chi connectivity index (χ0n) is 15.1. The number of rotatable bonds is 4. The Kier molecular flexibility index (Phi) is 6.11. The van der Waals surface area contributed by atoms with Crippen molar-refractivity contribution in [2.24, 2.45) is 9.98 Å². The van der Waals surface area contributed by atoms with Gasteiger partial charge >= 0.3 is 11.9 Å². The number of ether oxygens (including phenoxy) is 2. The Balaban J connectivity index is 2.19. The second-order valence-electron chi connectivity index (χ2n) is 5.92. The predicted octanol–water partition coefficient (Wildman–Crippen LogP) is 4.06. The molecule has 0 saturated carbocycles. The lowest BCUT2D eigenvalue weighted by Crippen LogP contribution is -2.39. The Bertz CT molecular complexity index is 908. The minimum absolute atomic E-state index is 0.383. The maximum Gasteiger partial charge on any atom is 0.304 e. The largest absolute Gasteiger partial charge is 0.434 e. The van der Waals surface area contributed by atoms with Crippen molar-refractivity contribution < 1.29 is 19.1 Å². The van der Waals surface area contributed by atoms with Crippen LogP contribution in [0, 0.1) is 0 Å². The molecule has 2 aromatic carbocycles. The van der Waals surface area contributed by atoms with Crippen molar-refractivity contribution in [1.82, 2.24) is 0 Å². The predicted molar refractivity (Wildman–Crippen MR) is 107 cm³/mol. The molecule has 3 rings (SSSR count). The first-order valence-corrected chi connectivity index (χ1v) is 9.12. The summed E-state index contributed by atoms with van der Waals surface area (Å²) in [6.45, 7) is 2.48. The van der Waals surface area contributed by atoms with E-state index in [1.807, 2.05) is 0 Å². The number of hydrogen-bond donors (Lipinski definition) is 0. The molecule has 28 heavy (non-hydrogen) atoms. The average molecular weight is 419 g/mol. The minimum atomic E-state index is -1.14. The Morgan fingerprint density at radius 3 is 1.43 bits per heavy atom. The first-order chi connectivity index (χ1) is 13.4. The molecule has 144 valence electrons. The van der Waals surface area contributed by atoms with Crippen LogP contribution in [0.5, 0.6) is 0 Å². The van der Waals surface area contributed by atoms with Crippen LogP contribution in [-0.2, 0) is 19.1 Å². The molecule has 2 atom stereocenters. The fourth-order valence-electron chi connectivity index (χ4n) is 2.71. The molecule has 0 spiro atoms. The second kappa shape index (κ2) is 8.54. The van der Waals surface area contributed by atoms with Crippen LogP contribution in [0.4, 0.5) is 0 Å². The summed E-state index contributed by atoms with van der Waals surface area (Å²) in [6, 6.07) is 14.1. The van der Waals surface area contributed by atoms with Gasteiger partial charge in [-0.2, -0.15) is 0 Å². The maximum atomic E-state index is 11.5. The van der Waals surface area contributed by atoms with E-state index in [2.05, 4.69) is 9.98 Å². The lowest BCUT2D eigenvalue weighted by atomic mass is 9.98. The van der Waals surface area contributed by atoms with Gasteiger partial charge in [0.05, 0.1) is 21.5 Å². The smallest absolute Gasteiger partial charge is 0.304 e. The highest BCUT2D eigenvalue weighted by Gasteiger charge is 2.34. The van der Waals surface area contributed by atoms with Crippen LogP contribution in [0.3, 0.4) is 0 Å². The Morgan fingerprint density at radius 2 is 1.11 bits per heavy atom. The fourth-order valence-corrected chi connectivity index (χ4v) is 3.16. The summed E-state index contributed by atoms with van der Waals surface area (Å²) < 4.78 is 10.4. The van der Waals surface area contributed by atoms with Crippen LogP contribution in [0.1, 0.15) is 25.0 Å². The summed E-state index contributed by atoms with van der Waals surface area (Å²) in [5, 5.41) is 0.877. The molecule has 0 bridgehead atoms. The molecule has 0 amide bonds. The van der Waals surface area contributed by atoms with E-state index in [0.29, 0.717) is 32.6 Å². The normalized spacial score (nSPS) is 18.7. The van der Waals surface area contributed by atoms with Gasteiger partial charge in [0.2, 0.25) is 0 Å². The summed E-state index contributed by atoms with van der Waals surface area (Å²) in [6.07, 6.45) is -2.28. The molecule has 0 radical (unpaired) electrons. The summed E-state index contributed by atoms with van der Waals surface area (Å²) in [7, 11) is 0. The van der Waals surface area contributed by atoms with Gasteiger partial charge in [-0.15, -0.1) is 0 Å². The SMILES string of the molecule is CC(=O)O[C@@H]1N=C(c2ccccc2Cl)C(c2ccccc2Cl)=N[C@H]1OC(C)=O. The molecule has 0 fully saturated rings. The number of halogens is 2. The van der Waals surface area contributed by atoms with Crippen LogP contribution in [0.25, 0.3) is 0 Å². The van der Waals surface area contributed by atoms with Gasteiger partial charge in [-0.1, -0.05) is 59.6 Å². The van der Waals surface area contributed by atoms with E-state index >= 15 is 0 Å². The van der Waals surface area contributed by atoms with E-state index in [1.54, 1.807) is 48.5 Å². The highest BCUT2D eigenvalue weighted by atomic mass is 35.5. The summed E-state index contributed by atoms with van der Waals surface area (Å²) in [5.41, 5.74) is 1.93. The number of benzene rings is 2. The number of aliphatic imine (C=N–C) groups is 2. The van der Waals surface area contributed by atoms with E-state index in [0.717, 1.165) is 0 Å². The number of carbonyl (C=O) groups is 2. The molecule has 0 unspecified atom stereocenters. The fraction of sp³-hybridized carbons (Fsp3) is 0.200. The second-order valence-corrected chi connectivity index (χ2v) is 6.73. The molecule has 0 aliphatic carbocycles. The van der Waals surface area contributed by atoms with E-state index < -0.39 is 24.4 Å². The van der Waals surface area contributed by atoms with Gasteiger partial charge in [-0.25, -0.2) is 9.98 Å². The van der Waals surface area contributed by atoms with Gasteiger partial charge in [0.1, 0.15) is 0 Å². The molecular formula is C20H16Cl2N2O4. The molecule has 6 nitrogen and oxygen atoms in total. The molecule has 2 aromatic rings. The minimum Gasteiger partial charge on any atom is -0.434 e. The average Bonchev–Trinajstić information content (AvgIpc) is 2.63. The number of nitrogens with zero attached hydrogens (tertiary/aromatic N) is 2. The van der Waals surface area contributed by atoms with Gasteiger partial charge in [0.15, 0.2) is 0 Å². The van der Waals surface area contributed by atoms with Gasteiger partial charge < -0.3 is 9.47 Å². The summed E-state index contributed by atoms with van der Waals surface area (Å²) in [5.74, 6) is -1.17.